The number of nitrogens with one attached hydrogen (secondary N) is 1. The summed E-state index contributed by atoms with van der Waals surface area (Å²) in [5, 5.41) is 4.64. The van der Waals surface area contributed by atoms with E-state index in [1.165, 1.54) is 5.82 Å². The Labute approximate surface area is 190 Å². The zero-order chi connectivity index (χ0) is 21.6. The van der Waals surface area contributed by atoms with Gasteiger partial charge in [-0.1, -0.05) is 17.7 Å². The third-order valence-corrected chi connectivity index (χ3v) is 7.93. The summed E-state index contributed by atoms with van der Waals surface area (Å²) in [7, 11) is 2.20. The molecular formula is C24H33ClN6. The van der Waals surface area contributed by atoms with Crippen LogP contribution in [-0.4, -0.2) is 76.4 Å². The van der Waals surface area contributed by atoms with Gasteiger partial charge in [0.15, 0.2) is 0 Å². The zero-order valence-electron chi connectivity index (χ0n) is 18.8. The van der Waals surface area contributed by atoms with Crippen molar-refractivity contribution in [2.45, 2.75) is 56.8 Å². The van der Waals surface area contributed by atoms with Crippen LogP contribution in [0.1, 0.15) is 44.8 Å². The third kappa shape index (κ3) is 3.69. The van der Waals surface area contributed by atoms with Gasteiger partial charge in [0, 0.05) is 38.4 Å². The Kier molecular flexibility index (Phi) is 5.57. The van der Waals surface area contributed by atoms with Gasteiger partial charge in [-0.2, -0.15) is 0 Å². The van der Waals surface area contributed by atoms with Crippen LogP contribution < -0.4 is 5.32 Å². The molecule has 2 saturated heterocycles. The monoisotopic (exact) mass is 440 g/mol. The van der Waals surface area contributed by atoms with Crippen LogP contribution in [0.2, 0.25) is 5.02 Å². The molecule has 4 aliphatic rings. The number of pyridine rings is 1. The van der Waals surface area contributed by atoms with Crippen LogP contribution in [0.3, 0.4) is 0 Å². The molecule has 7 heteroatoms. The number of amidine groups is 1. The summed E-state index contributed by atoms with van der Waals surface area (Å²) < 4.78 is 0. The number of hydrogen-bond donors (Lipinski definition) is 1. The first-order valence-electron chi connectivity index (χ1n) is 11.5. The van der Waals surface area contributed by atoms with Gasteiger partial charge in [-0.3, -0.25) is 9.98 Å². The van der Waals surface area contributed by atoms with Gasteiger partial charge in [0.2, 0.25) is 0 Å². The van der Waals surface area contributed by atoms with Crippen molar-refractivity contribution in [3.8, 4) is 0 Å². The van der Waals surface area contributed by atoms with E-state index in [9.17, 15) is 0 Å². The van der Waals surface area contributed by atoms with Gasteiger partial charge in [-0.05, 0) is 64.4 Å². The fourth-order valence-electron chi connectivity index (χ4n) is 5.52. The topological polar surface area (TPSA) is 47.0 Å². The Bertz CT molecular complexity index is 918. The summed E-state index contributed by atoms with van der Waals surface area (Å²) in [5.74, 6) is 2.39. The Balaban J connectivity index is 1.38. The molecule has 6 nitrogen and oxygen atoms in total. The molecule has 0 bridgehead atoms. The molecule has 0 aromatic carbocycles. The van der Waals surface area contributed by atoms with E-state index in [-0.39, 0.29) is 23.7 Å². The molecule has 31 heavy (non-hydrogen) atoms. The first kappa shape index (κ1) is 21.0. The van der Waals surface area contributed by atoms with Gasteiger partial charge >= 0.3 is 0 Å². The first-order valence-corrected chi connectivity index (χ1v) is 11.9. The zero-order valence-corrected chi connectivity index (χ0v) is 19.5. The SMILES string of the molecule is CC1N2C(N3CCN(C)CC3)=CC=CC2=NC1(C)[C@H]1CCC[C@@H](c2ncccc2Cl)N1. The quantitative estimate of drug-likeness (QED) is 0.780. The molecule has 0 spiro atoms. The van der Waals surface area contributed by atoms with Crippen molar-refractivity contribution in [1.82, 2.24) is 25.0 Å². The molecule has 5 heterocycles. The maximum atomic E-state index is 6.48. The molecule has 166 valence electrons. The summed E-state index contributed by atoms with van der Waals surface area (Å²) in [6.07, 6.45) is 11.7. The van der Waals surface area contributed by atoms with E-state index in [4.69, 9.17) is 16.6 Å². The number of piperidine rings is 1. The molecule has 4 aliphatic heterocycles. The number of aromatic nitrogens is 1. The molecular weight excluding hydrogens is 408 g/mol. The average Bonchev–Trinajstić information content (AvgIpc) is 3.06. The van der Waals surface area contributed by atoms with E-state index in [0.717, 1.165) is 62.0 Å². The Morgan fingerprint density at radius 2 is 2.00 bits per heavy atom. The number of piperazine rings is 1. The molecule has 1 aromatic rings. The summed E-state index contributed by atoms with van der Waals surface area (Å²) >= 11 is 6.48. The Morgan fingerprint density at radius 1 is 1.19 bits per heavy atom. The third-order valence-electron chi connectivity index (χ3n) is 7.61. The summed E-state index contributed by atoms with van der Waals surface area (Å²) in [6, 6.07) is 4.56. The molecule has 0 amide bonds. The number of likely N-dealkylation sites (N-methyl/N-ethyl adjacent to an activating group) is 1. The van der Waals surface area contributed by atoms with Gasteiger partial charge in [0.05, 0.1) is 28.3 Å². The van der Waals surface area contributed by atoms with Crippen molar-refractivity contribution in [2.24, 2.45) is 4.99 Å². The summed E-state index contributed by atoms with van der Waals surface area (Å²) in [5.41, 5.74) is 0.752. The largest absolute Gasteiger partial charge is 0.355 e. The molecule has 0 aliphatic carbocycles. The number of nitrogens with zero attached hydrogens (tertiary/aromatic N) is 5. The lowest BCUT2D eigenvalue weighted by Gasteiger charge is -2.45. The summed E-state index contributed by atoms with van der Waals surface area (Å²) in [6.45, 7) is 8.97. The van der Waals surface area contributed by atoms with Crippen molar-refractivity contribution in [2.75, 3.05) is 33.2 Å². The van der Waals surface area contributed by atoms with E-state index in [0.29, 0.717) is 0 Å². The predicted molar refractivity (Wildman–Crippen MR) is 126 cm³/mol. The van der Waals surface area contributed by atoms with Crippen LogP contribution in [0.5, 0.6) is 0 Å². The second-order valence-electron chi connectivity index (χ2n) is 9.49. The first-order chi connectivity index (χ1) is 15.0. The minimum absolute atomic E-state index is 0.178. The van der Waals surface area contributed by atoms with Crippen molar-refractivity contribution in [3.05, 3.63) is 53.1 Å². The van der Waals surface area contributed by atoms with E-state index < -0.39 is 0 Å². The highest BCUT2D eigenvalue weighted by molar-refractivity contribution is 6.31. The van der Waals surface area contributed by atoms with E-state index >= 15 is 0 Å². The molecule has 0 saturated carbocycles. The van der Waals surface area contributed by atoms with Gasteiger partial charge in [0.25, 0.3) is 0 Å². The van der Waals surface area contributed by atoms with Gasteiger partial charge in [-0.15, -0.1) is 0 Å². The van der Waals surface area contributed by atoms with E-state index in [2.05, 4.69) is 64.1 Å². The fraction of sp³-hybridized carbons (Fsp3) is 0.583. The van der Waals surface area contributed by atoms with Gasteiger partial charge < -0.3 is 20.0 Å². The van der Waals surface area contributed by atoms with Crippen molar-refractivity contribution >= 4 is 17.4 Å². The van der Waals surface area contributed by atoms with Crippen molar-refractivity contribution in [3.63, 3.8) is 0 Å². The van der Waals surface area contributed by atoms with Crippen LogP contribution in [0.15, 0.2) is 47.4 Å². The lowest BCUT2D eigenvalue weighted by Crippen LogP contribution is -2.58. The van der Waals surface area contributed by atoms with Crippen molar-refractivity contribution < 1.29 is 0 Å². The minimum Gasteiger partial charge on any atom is -0.355 e. The second kappa shape index (κ2) is 8.23. The highest BCUT2D eigenvalue weighted by Gasteiger charge is 2.50. The molecule has 0 radical (unpaired) electrons. The number of rotatable bonds is 3. The highest BCUT2D eigenvalue weighted by Crippen LogP contribution is 2.41. The van der Waals surface area contributed by atoms with Gasteiger partial charge in [-0.25, -0.2) is 0 Å². The highest BCUT2D eigenvalue weighted by atomic mass is 35.5. The van der Waals surface area contributed by atoms with Crippen LogP contribution in [0, 0.1) is 0 Å². The molecule has 1 N–H and O–H groups in total. The molecule has 2 fully saturated rings. The van der Waals surface area contributed by atoms with Crippen LogP contribution in [-0.2, 0) is 0 Å². The minimum atomic E-state index is -0.213. The van der Waals surface area contributed by atoms with Crippen LogP contribution in [0.4, 0.5) is 0 Å². The van der Waals surface area contributed by atoms with Crippen LogP contribution >= 0.6 is 11.6 Å². The Hall–Kier alpha value is -1.89. The molecule has 1 aromatic heterocycles. The Morgan fingerprint density at radius 3 is 2.77 bits per heavy atom. The number of aliphatic imine (C=N–C) groups is 1. The fourth-order valence-corrected chi connectivity index (χ4v) is 5.77. The van der Waals surface area contributed by atoms with Crippen molar-refractivity contribution in [1.29, 1.82) is 0 Å². The smallest absolute Gasteiger partial charge is 0.130 e. The molecule has 5 rings (SSSR count). The number of allylic oxidation sites excluding steroid dienone is 2. The van der Waals surface area contributed by atoms with Gasteiger partial charge in [0.1, 0.15) is 11.7 Å². The molecule has 2 unspecified atom stereocenters. The lowest BCUT2D eigenvalue weighted by molar-refractivity contribution is 0.128. The average molecular weight is 441 g/mol. The summed E-state index contributed by atoms with van der Waals surface area (Å²) in [4.78, 5) is 17.3. The second-order valence-corrected chi connectivity index (χ2v) is 9.90. The maximum Gasteiger partial charge on any atom is 0.130 e. The standard InChI is InChI=1S/C24H33ClN6/c1-17-24(2,20-9-4-8-19(27-20)23-18(25)7-6-12-26-23)28-21-10-5-11-22(31(17)21)30-15-13-29(3)14-16-30/h5-7,10-12,17,19-20,27H,4,8-9,13-16H2,1-3H3/t17?,19-,20+,24?/m0/s1. The number of hydrogen-bond acceptors (Lipinski definition) is 6. The van der Waals surface area contributed by atoms with E-state index in [1.54, 1.807) is 0 Å². The predicted octanol–water partition coefficient (Wildman–Crippen LogP) is 3.44. The number of fused-ring (bicyclic) bond motifs is 1. The number of halogens is 1. The van der Waals surface area contributed by atoms with E-state index in [1.807, 2.05) is 18.3 Å². The maximum absolute atomic E-state index is 6.48. The van der Waals surface area contributed by atoms with Crippen LogP contribution in [0.25, 0.3) is 0 Å². The molecule has 4 atom stereocenters. The lowest BCUT2D eigenvalue weighted by atomic mass is 9.80. The normalized spacial score (nSPS) is 33.9.